The smallest absolute Gasteiger partial charge is 0.123 e. The van der Waals surface area contributed by atoms with Crippen LogP contribution in [0.5, 0.6) is 0 Å². The van der Waals surface area contributed by atoms with Gasteiger partial charge in [-0.1, -0.05) is 29.3 Å². The van der Waals surface area contributed by atoms with Crippen molar-refractivity contribution < 1.29 is 4.39 Å². The Labute approximate surface area is 132 Å². The van der Waals surface area contributed by atoms with E-state index in [2.05, 4.69) is 41.8 Å². The maximum absolute atomic E-state index is 13.0. The molecule has 1 aliphatic heterocycles. The third-order valence-corrected chi connectivity index (χ3v) is 4.25. The molecule has 1 fully saturated rings. The third kappa shape index (κ3) is 3.66. The van der Waals surface area contributed by atoms with Gasteiger partial charge in [0.25, 0.3) is 0 Å². The summed E-state index contributed by atoms with van der Waals surface area (Å²) in [5.74, 6) is -0.169. The molecule has 2 aromatic carbocycles. The molecule has 3 rings (SSSR count). The van der Waals surface area contributed by atoms with E-state index in [4.69, 9.17) is 0 Å². The van der Waals surface area contributed by atoms with Crippen molar-refractivity contribution in [1.82, 2.24) is 4.90 Å². The zero-order chi connectivity index (χ0) is 15.5. The van der Waals surface area contributed by atoms with Gasteiger partial charge in [-0.2, -0.15) is 0 Å². The molecule has 0 atom stereocenters. The minimum atomic E-state index is -0.169. The molecule has 0 spiro atoms. The minimum Gasteiger partial charge on any atom is -0.369 e. The lowest BCUT2D eigenvalue weighted by Crippen LogP contribution is -2.45. The van der Waals surface area contributed by atoms with Crippen LogP contribution in [0.4, 0.5) is 10.1 Å². The number of piperazine rings is 1. The van der Waals surface area contributed by atoms with Crippen LogP contribution in [0.15, 0.2) is 42.5 Å². The average Bonchev–Trinajstić information content (AvgIpc) is 2.48. The third-order valence-electron chi connectivity index (χ3n) is 4.25. The van der Waals surface area contributed by atoms with Crippen LogP contribution in [0.25, 0.3) is 0 Å². The predicted octanol–water partition coefficient (Wildman–Crippen LogP) is 3.76. The van der Waals surface area contributed by atoms with Gasteiger partial charge in [0.1, 0.15) is 5.82 Å². The number of hydrogen-bond donors (Lipinski definition) is 0. The fourth-order valence-corrected chi connectivity index (χ4v) is 3.23. The fraction of sp³-hybridized carbons (Fsp3) is 0.368. The lowest BCUT2D eigenvalue weighted by molar-refractivity contribution is 0.250. The topological polar surface area (TPSA) is 6.48 Å². The van der Waals surface area contributed by atoms with Gasteiger partial charge in [0.2, 0.25) is 0 Å². The highest BCUT2D eigenvalue weighted by Gasteiger charge is 2.17. The SMILES string of the molecule is Cc1cc(C)cc(CN2CCN(c3ccc(F)cc3)CC2)c1. The molecule has 0 bridgehead atoms. The second kappa shape index (κ2) is 6.49. The molecule has 1 saturated heterocycles. The Bertz CT molecular complexity index is 608. The Balaban J connectivity index is 1.58. The molecular weight excluding hydrogens is 275 g/mol. The molecule has 2 aromatic rings. The number of halogens is 1. The van der Waals surface area contributed by atoms with Crippen LogP contribution in [0, 0.1) is 19.7 Å². The van der Waals surface area contributed by atoms with Gasteiger partial charge in [-0.05, 0) is 43.7 Å². The molecule has 2 nitrogen and oxygen atoms in total. The number of benzene rings is 2. The molecule has 0 aromatic heterocycles. The van der Waals surface area contributed by atoms with Gasteiger partial charge in [-0.25, -0.2) is 4.39 Å². The standard InChI is InChI=1S/C19H23FN2/c1-15-11-16(2)13-17(12-15)14-21-7-9-22(10-8-21)19-5-3-18(20)4-6-19/h3-6,11-13H,7-10,14H2,1-2H3. The van der Waals surface area contributed by atoms with E-state index in [1.165, 1.54) is 28.8 Å². The van der Waals surface area contributed by atoms with E-state index in [1.54, 1.807) is 0 Å². The van der Waals surface area contributed by atoms with Crippen molar-refractivity contribution in [1.29, 1.82) is 0 Å². The van der Waals surface area contributed by atoms with Gasteiger partial charge >= 0.3 is 0 Å². The monoisotopic (exact) mass is 298 g/mol. The van der Waals surface area contributed by atoms with Crippen molar-refractivity contribution in [3.8, 4) is 0 Å². The van der Waals surface area contributed by atoms with E-state index in [0.717, 1.165) is 38.4 Å². The van der Waals surface area contributed by atoms with Gasteiger partial charge in [0.15, 0.2) is 0 Å². The van der Waals surface area contributed by atoms with E-state index in [9.17, 15) is 4.39 Å². The van der Waals surface area contributed by atoms with Gasteiger partial charge < -0.3 is 4.90 Å². The number of aryl methyl sites for hydroxylation is 2. The highest BCUT2D eigenvalue weighted by Crippen LogP contribution is 2.18. The maximum Gasteiger partial charge on any atom is 0.123 e. The first-order valence-corrected chi connectivity index (χ1v) is 7.90. The zero-order valence-corrected chi connectivity index (χ0v) is 13.3. The van der Waals surface area contributed by atoms with Crippen molar-refractivity contribution >= 4 is 5.69 Å². The molecule has 116 valence electrons. The molecule has 3 heteroatoms. The molecule has 0 unspecified atom stereocenters. The van der Waals surface area contributed by atoms with E-state index in [1.807, 2.05) is 12.1 Å². The lowest BCUT2D eigenvalue weighted by Gasteiger charge is -2.36. The highest BCUT2D eigenvalue weighted by molar-refractivity contribution is 5.46. The van der Waals surface area contributed by atoms with Crippen LogP contribution in [0.1, 0.15) is 16.7 Å². The largest absolute Gasteiger partial charge is 0.369 e. The van der Waals surface area contributed by atoms with E-state index >= 15 is 0 Å². The maximum atomic E-state index is 13.0. The highest BCUT2D eigenvalue weighted by atomic mass is 19.1. The minimum absolute atomic E-state index is 0.169. The molecule has 0 amide bonds. The Morgan fingerprint density at radius 3 is 2.05 bits per heavy atom. The first kappa shape index (κ1) is 15.0. The van der Waals surface area contributed by atoms with Crippen LogP contribution in [-0.4, -0.2) is 31.1 Å². The van der Waals surface area contributed by atoms with Crippen LogP contribution in [-0.2, 0) is 6.54 Å². The molecule has 1 aliphatic rings. The van der Waals surface area contributed by atoms with E-state index < -0.39 is 0 Å². The summed E-state index contributed by atoms with van der Waals surface area (Å²) in [5.41, 5.74) is 5.18. The van der Waals surface area contributed by atoms with Gasteiger partial charge in [-0.3, -0.25) is 4.90 Å². The van der Waals surface area contributed by atoms with Gasteiger partial charge in [-0.15, -0.1) is 0 Å². The Morgan fingerprint density at radius 2 is 1.45 bits per heavy atom. The first-order chi connectivity index (χ1) is 10.6. The van der Waals surface area contributed by atoms with Gasteiger partial charge in [0, 0.05) is 38.4 Å². The predicted molar refractivity (Wildman–Crippen MR) is 89.8 cm³/mol. The first-order valence-electron chi connectivity index (χ1n) is 7.90. The van der Waals surface area contributed by atoms with Crippen molar-refractivity contribution in [3.63, 3.8) is 0 Å². The molecule has 1 heterocycles. The number of rotatable bonds is 3. The zero-order valence-electron chi connectivity index (χ0n) is 13.3. The second-order valence-electron chi connectivity index (χ2n) is 6.24. The van der Waals surface area contributed by atoms with Crippen LogP contribution >= 0.6 is 0 Å². The van der Waals surface area contributed by atoms with Crippen molar-refractivity contribution in [3.05, 3.63) is 65.0 Å². The van der Waals surface area contributed by atoms with Crippen LogP contribution in [0.2, 0.25) is 0 Å². The summed E-state index contributed by atoms with van der Waals surface area (Å²) in [5, 5.41) is 0. The van der Waals surface area contributed by atoms with Crippen LogP contribution < -0.4 is 4.90 Å². The van der Waals surface area contributed by atoms with Crippen molar-refractivity contribution in [2.24, 2.45) is 0 Å². The summed E-state index contributed by atoms with van der Waals surface area (Å²) in [6, 6.07) is 13.6. The van der Waals surface area contributed by atoms with Crippen LogP contribution in [0.3, 0.4) is 0 Å². The second-order valence-corrected chi connectivity index (χ2v) is 6.24. The summed E-state index contributed by atoms with van der Waals surface area (Å²) >= 11 is 0. The Kier molecular flexibility index (Phi) is 4.44. The van der Waals surface area contributed by atoms with Crippen molar-refractivity contribution in [2.45, 2.75) is 20.4 Å². The number of hydrogen-bond acceptors (Lipinski definition) is 2. The number of nitrogens with zero attached hydrogens (tertiary/aromatic N) is 2. The quantitative estimate of drug-likeness (QED) is 0.851. The molecule has 0 radical (unpaired) electrons. The Hall–Kier alpha value is -1.87. The fourth-order valence-electron chi connectivity index (χ4n) is 3.23. The summed E-state index contributed by atoms with van der Waals surface area (Å²) in [7, 11) is 0. The molecular formula is C19H23FN2. The van der Waals surface area contributed by atoms with E-state index in [0.29, 0.717) is 0 Å². The summed E-state index contributed by atoms with van der Waals surface area (Å²) in [6.45, 7) is 9.41. The Morgan fingerprint density at radius 1 is 0.864 bits per heavy atom. The van der Waals surface area contributed by atoms with Crippen molar-refractivity contribution in [2.75, 3.05) is 31.1 Å². The molecule has 22 heavy (non-hydrogen) atoms. The molecule has 0 N–H and O–H groups in total. The van der Waals surface area contributed by atoms with Gasteiger partial charge in [0.05, 0.1) is 0 Å². The lowest BCUT2D eigenvalue weighted by atomic mass is 10.1. The average molecular weight is 298 g/mol. The summed E-state index contributed by atoms with van der Waals surface area (Å²) < 4.78 is 13.0. The number of anilines is 1. The normalized spacial score (nSPS) is 16.0. The molecule has 0 saturated carbocycles. The molecule has 0 aliphatic carbocycles. The van der Waals surface area contributed by atoms with E-state index in [-0.39, 0.29) is 5.82 Å². The summed E-state index contributed by atoms with van der Waals surface area (Å²) in [4.78, 5) is 4.83. The summed E-state index contributed by atoms with van der Waals surface area (Å²) in [6.07, 6.45) is 0.